The van der Waals surface area contributed by atoms with Crippen LogP contribution in [-0.4, -0.2) is 248 Å². The number of rotatable bonds is 16. The van der Waals surface area contributed by atoms with Crippen LogP contribution in [0.1, 0.15) is 77.3 Å². The Balaban J connectivity index is 0.738. The Labute approximate surface area is 551 Å². The van der Waals surface area contributed by atoms with Gasteiger partial charge >= 0.3 is 0 Å². The van der Waals surface area contributed by atoms with Crippen LogP contribution in [0.3, 0.4) is 0 Å². The zero-order valence-corrected chi connectivity index (χ0v) is 53.9. The van der Waals surface area contributed by atoms with E-state index in [1.807, 2.05) is 54.6 Å². The number of allylic oxidation sites excluding steroid dienone is 8. The summed E-state index contributed by atoms with van der Waals surface area (Å²) in [7, 11) is 0. The van der Waals surface area contributed by atoms with Crippen LogP contribution in [0, 0.1) is 0 Å². The molecule has 4 aromatic carbocycles. The van der Waals surface area contributed by atoms with E-state index in [1.54, 1.807) is 0 Å². The summed E-state index contributed by atoms with van der Waals surface area (Å²) in [6.07, 6.45) is -10.4. The first-order valence-electron chi connectivity index (χ1n) is 33.3. The van der Waals surface area contributed by atoms with Gasteiger partial charge in [0, 0.05) is 73.8 Å². The van der Waals surface area contributed by atoms with Crippen molar-refractivity contribution in [1.29, 1.82) is 0 Å². The Bertz CT molecular complexity index is 3550. The first-order valence-corrected chi connectivity index (χ1v) is 33.3. The number of carbonyl (C=O) groups excluding carboxylic acids is 2. The largest absolute Gasteiger partial charge is 0.394 e. The maximum absolute atomic E-state index is 14.0. The van der Waals surface area contributed by atoms with Gasteiger partial charge in [-0.25, -0.2) is 0 Å². The van der Waals surface area contributed by atoms with E-state index in [0.717, 1.165) is 55.5 Å². The third-order valence-electron chi connectivity index (χ3n) is 20.3. The molecule has 95 heavy (non-hydrogen) atoms. The van der Waals surface area contributed by atoms with Crippen LogP contribution in [0.15, 0.2) is 121 Å². The number of carbonyl (C=O) groups is 2. The molecular weight excluding hydrogens is 1230 g/mol. The highest BCUT2D eigenvalue weighted by molar-refractivity contribution is 6.07. The zero-order chi connectivity index (χ0) is 67.0. The summed E-state index contributed by atoms with van der Waals surface area (Å²) in [4.78, 5) is 30.2. The molecule has 18 rings (SSSR count). The molecule has 20 atom stereocenters. The van der Waals surface area contributed by atoms with Crippen LogP contribution < -0.4 is 15.5 Å². The van der Waals surface area contributed by atoms with E-state index in [0.29, 0.717) is 25.9 Å². The van der Waals surface area contributed by atoms with Crippen molar-refractivity contribution in [1.82, 2.24) is 10.6 Å². The first-order chi connectivity index (χ1) is 45.7. The Hall–Kier alpha value is -5.95. The predicted octanol–water partition coefficient (Wildman–Crippen LogP) is 1.72. The minimum absolute atomic E-state index is 0.0504. The van der Waals surface area contributed by atoms with Gasteiger partial charge in [-0.05, 0) is 84.8 Å². The lowest BCUT2D eigenvalue weighted by Crippen LogP contribution is -2.65. The standard InChI is InChI=1S/C71H90N4O20/c1-70(2)50(74(42-26-24-38-16-10-12-18-40(38)54(42)70)30-28-52(78)72-34-46-64-60(84)62(86)68(92-46)95-67-49(37-77)91-45(21-15-32-88-64)57(81)59(67)83)22-8-6-5-7-9-23-51-71(3,4)55-41-19-13-11-17-39(41)25-27-43(55)75(51)31-29-53(79)73-35-47-66-58(82)56(80)44(90-47)20-14-33-89-65-48(36-76)93-69(94-66)63(87)61(65)85/h5-13,16-19,22-27,44-49,56-69,76-77,80-87H,14-15,20-21,28-37H2,1-4H3,(H-,72,73,78,79)/p+1/t44-,45?,46-,47-,48-,49-,56+,57+,58-,59-,60-,61-,62-,63-,64-,65?,66?,67?,68-,69?/m1/s1. The quantitative estimate of drug-likeness (QED) is 0.0561. The smallest absolute Gasteiger partial charge is 0.226 e. The molecule has 0 aromatic heterocycles. The monoisotopic (exact) mass is 1320 g/mol. The van der Waals surface area contributed by atoms with Gasteiger partial charge in [-0.15, -0.1) is 0 Å². The minimum atomic E-state index is -1.64. The van der Waals surface area contributed by atoms with Crippen molar-refractivity contribution in [3.63, 3.8) is 0 Å². The molecule has 0 aliphatic carbocycles. The zero-order valence-electron chi connectivity index (χ0n) is 53.9. The van der Waals surface area contributed by atoms with Crippen LogP contribution in [0.5, 0.6) is 0 Å². The fraction of sp³-hybridized carbons (Fsp3) is 0.563. The average molecular weight is 1320 g/mol. The second-order valence-corrected chi connectivity index (χ2v) is 27.0. The van der Waals surface area contributed by atoms with E-state index in [-0.39, 0.29) is 63.8 Å². The highest BCUT2D eigenvalue weighted by Gasteiger charge is 2.54. The Morgan fingerprint density at radius 2 is 1.03 bits per heavy atom. The van der Waals surface area contributed by atoms with Crippen LogP contribution in [0.2, 0.25) is 0 Å². The van der Waals surface area contributed by atoms with Gasteiger partial charge < -0.3 is 104 Å². The molecule has 2 amide bonds. The number of ether oxygens (including phenoxy) is 8. The summed E-state index contributed by atoms with van der Waals surface area (Å²) >= 11 is 0. The highest BCUT2D eigenvalue weighted by atomic mass is 16.7. The number of benzene rings is 4. The second kappa shape index (κ2) is 29.2. The molecule has 14 heterocycles. The Morgan fingerprint density at radius 1 is 0.537 bits per heavy atom. The lowest BCUT2D eigenvalue weighted by Gasteiger charge is -2.46. The molecule has 12 fully saturated rings. The van der Waals surface area contributed by atoms with Crippen molar-refractivity contribution >= 4 is 50.4 Å². The number of hydrogen-bond donors (Lipinski definition) is 12. The Kier molecular flexibility index (Phi) is 21.2. The number of hydrogen-bond acceptors (Lipinski definition) is 21. The topological polar surface area (TPSA) is 341 Å². The number of aliphatic hydroxyl groups excluding tert-OH is 10. The third kappa shape index (κ3) is 13.7. The maximum Gasteiger partial charge on any atom is 0.226 e. The fourth-order valence-electron chi connectivity index (χ4n) is 15.3. The van der Waals surface area contributed by atoms with Gasteiger partial charge in [0.15, 0.2) is 24.8 Å². The van der Waals surface area contributed by atoms with Crippen molar-refractivity contribution < 1.29 is 103 Å². The van der Waals surface area contributed by atoms with E-state index >= 15 is 0 Å². The fourth-order valence-corrected chi connectivity index (χ4v) is 15.3. The van der Waals surface area contributed by atoms with Crippen molar-refractivity contribution in [2.75, 3.05) is 57.5 Å². The van der Waals surface area contributed by atoms with Gasteiger partial charge in [0.25, 0.3) is 0 Å². The molecular formula is C71H91N4O20+. The van der Waals surface area contributed by atoms with Crippen LogP contribution in [0.25, 0.3) is 21.5 Å². The summed E-state index contributed by atoms with van der Waals surface area (Å²) in [6.45, 7) is 8.08. The number of aliphatic hydroxyl groups is 10. The third-order valence-corrected chi connectivity index (χ3v) is 20.3. The van der Waals surface area contributed by atoms with E-state index in [1.165, 1.54) is 0 Å². The lowest BCUT2D eigenvalue weighted by molar-refractivity contribution is -0.436. The summed E-state index contributed by atoms with van der Waals surface area (Å²) < 4.78 is 50.3. The first kappa shape index (κ1) is 69.0. The van der Waals surface area contributed by atoms with Gasteiger partial charge in [0.05, 0.1) is 37.3 Å². The van der Waals surface area contributed by atoms with Crippen LogP contribution in [-0.2, 0) is 58.3 Å². The van der Waals surface area contributed by atoms with Gasteiger partial charge in [-0.1, -0.05) is 98.8 Å². The van der Waals surface area contributed by atoms with Crippen molar-refractivity contribution in [3.05, 3.63) is 132 Å². The molecule has 24 heteroatoms. The molecule has 12 N–H and O–H groups in total. The van der Waals surface area contributed by atoms with Gasteiger partial charge in [0.1, 0.15) is 97.7 Å². The number of anilines is 1. The number of fused-ring (bicyclic) bond motifs is 6. The summed E-state index contributed by atoms with van der Waals surface area (Å²) in [6, 6.07) is 24.8. The highest BCUT2D eigenvalue weighted by Crippen LogP contribution is 2.51. The molecule has 4 aromatic rings. The Morgan fingerprint density at radius 3 is 1.65 bits per heavy atom. The number of nitrogens with zero attached hydrogens (tertiary/aromatic N) is 2. The lowest BCUT2D eigenvalue weighted by atomic mass is 9.79. The average Bonchev–Trinajstić information content (AvgIpc) is 1.57. The van der Waals surface area contributed by atoms with E-state index in [4.69, 9.17) is 37.9 Å². The molecule has 0 spiro atoms. The summed E-state index contributed by atoms with van der Waals surface area (Å²) in [5.41, 5.74) is 5.09. The van der Waals surface area contributed by atoms with Crippen molar-refractivity contribution in [3.8, 4) is 0 Å². The van der Waals surface area contributed by atoms with Crippen molar-refractivity contribution in [2.45, 2.75) is 200 Å². The summed E-state index contributed by atoms with van der Waals surface area (Å²) in [5, 5.41) is 120. The van der Waals surface area contributed by atoms with E-state index in [2.05, 4.69) is 108 Å². The summed E-state index contributed by atoms with van der Waals surface area (Å²) in [5.74, 6) is -0.635. The van der Waals surface area contributed by atoms with E-state index in [9.17, 15) is 60.7 Å². The molecule has 14 aliphatic rings. The molecule has 24 nitrogen and oxygen atoms in total. The molecule has 0 saturated carbocycles. The van der Waals surface area contributed by atoms with Crippen molar-refractivity contribution in [2.24, 2.45) is 0 Å². The number of amides is 2. The normalized spacial score (nSPS) is 35.9. The maximum atomic E-state index is 14.0. The van der Waals surface area contributed by atoms with Crippen LogP contribution >= 0.6 is 0 Å². The van der Waals surface area contributed by atoms with Crippen LogP contribution in [0.4, 0.5) is 11.4 Å². The van der Waals surface area contributed by atoms with Gasteiger partial charge in [-0.3, -0.25) is 9.59 Å². The predicted molar refractivity (Wildman–Crippen MR) is 346 cm³/mol. The van der Waals surface area contributed by atoms with Gasteiger partial charge in [-0.2, -0.15) is 4.58 Å². The minimum Gasteiger partial charge on any atom is -0.394 e. The molecule has 14 aliphatic heterocycles. The molecule has 5 unspecified atom stereocenters. The molecule has 8 bridgehead atoms. The molecule has 0 radical (unpaired) electrons. The molecule has 12 saturated heterocycles. The van der Waals surface area contributed by atoms with E-state index < -0.39 is 146 Å². The second-order valence-electron chi connectivity index (χ2n) is 27.0. The SMILES string of the molecule is CC1(C)C(/C=C/C=C/C=C/C=C2/N(CCC(=O)NC[C@H]3O[C@@H]4OC5[C@@H](CO)OC(CCCO[C@H]3[C@H](O)[C@H]4O)[C@H](O)[C@H]5O)c3ccc4ccccc4c3C2(C)C)=[N+](CCC(=O)NC[C@H]2O[C@@H]3CCCOC4[C@@H](CO)OC(OC2[C@H](O)[C@H]3O)[C@H](O)[C@H]4O)c2ccc3ccccc3c21. The van der Waals surface area contributed by atoms with Gasteiger partial charge in [0.2, 0.25) is 17.5 Å². The number of nitrogens with one attached hydrogen (secondary N) is 2. The molecule has 514 valence electrons.